The number of aryl methyl sites for hydroxylation is 4. The fourth-order valence-corrected chi connectivity index (χ4v) is 3.88. The van der Waals surface area contributed by atoms with Gasteiger partial charge in [-0.3, -0.25) is 18.3 Å². The van der Waals surface area contributed by atoms with Crippen LogP contribution in [0.3, 0.4) is 0 Å². The Kier molecular flexibility index (Phi) is 4.53. The van der Waals surface area contributed by atoms with Gasteiger partial charge in [0.1, 0.15) is 0 Å². The summed E-state index contributed by atoms with van der Waals surface area (Å²) in [5.74, 6) is 0.686. The number of allylic oxidation sites excluding steroid dienone is 1. The topological polar surface area (TPSA) is 66.2 Å². The standard InChI is InChI=1S/C22H25N5O2/c1-14(2)13-26-20(28)18-19(24(5)22(26)29)23-21-25(15(3)16(4)27(18)21)12-11-17-9-7-6-8-10-17/h6-10H,1,11-13H2,2-5H3. The third-order valence-electron chi connectivity index (χ3n) is 5.52. The molecule has 0 atom stereocenters. The summed E-state index contributed by atoms with van der Waals surface area (Å²) < 4.78 is 6.68. The second-order valence-corrected chi connectivity index (χ2v) is 7.67. The lowest BCUT2D eigenvalue weighted by molar-refractivity contribution is 0.650. The van der Waals surface area contributed by atoms with E-state index in [0.29, 0.717) is 16.9 Å². The molecular formula is C22H25N5O2. The summed E-state index contributed by atoms with van der Waals surface area (Å²) in [4.78, 5) is 30.6. The molecule has 3 heterocycles. The van der Waals surface area contributed by atoms with Crippen molar-refractivity contribution in [3.63, 3.8) is 0 Å². The van der Waals surface area contributed by atoms with Crippen molar-refractivity contribution in [3.05, 3.63) is 80.3 Å². The minimum absolute atomic E-state index is 0.196. The smallest absolute Gasteiger partial charge is 0.314 e. The lowest BCUT2D eigenvalue weighted by Crippen LogP contribution is -2.39. The number of hydrogen-bond donors (Lipinski definition) is 0. The van der Waals surface area contributed by atoms with Crippen LogP contribution in [0.1, 0.15) is 23.9 Å². The highest BCUT2D eigenvalue weighted by Crippen LogP contribution is 2.21. The largest absolute Gasteiger partial charge is 0.332 e. The van der Waals surface area contributed by atoms with Crippen LogP contribution in [0, 0.1) is 13.8 Å². The zero-order valence-corrected chi connectivity index (χ0v) is 17.3. The Hall–Kier alpha value is -3.35. The van der Waals surface area contributed by atoms with Crippen LogP contribution in [-0.4, -0.2) is 23.1 Å². The van der Waals surface area contributed by atoms with E-state index >= 15 is 0 Å². The highest BCUT2D eigenvalue weighted by molar-refractivity contribution is 5.76. The normalized spacial score (nSPS) is 11.6. The van der Waals surface area contributed by atoms with Crippen LogP contribution in [0.5, 0.6) is 0 Å². The molecule has 1 aromatic carbocycles. The van der Waals surface area contributed by atoms with Crippen LogP contribution in [0.15, 0.2) is 52.1 Å². The highest BCUT2D eigenvalue weighted by atomic mass is 16.2. The quantitative estimate of drug-likeness (QED) is 0.491. The third-order valence-corrected chi connectivity index (χ3v) is 5.52. The lowest BCUT2D eigenvalue weighted by Gasteiger charge is -2.08. The highest BCUT2D eigenvalue weighted by Gasteiger charge is 2.22. The molecule has 0 aliphatic rings. The maximum atomic E-state index is 13.2. The van der Waals surface area contributed by atoms with E-state index < -0.39 is 0 Å². The Morgan fingerprint density at radius 1 is 1.07 bits per heavy atom. The monoisotopic (exact) mass is 391 g/mol. The Bertz CT molecular complexity index is 1370. The number of aromatic nitrogens is 5. The van der Waals surface area contributed by atoms with Crippen molar-refractivity contribution in [3.8, 4) is 0 Å². The minimum atomic E-state index is -0.378. The van der Waals surface area contributed by atoms with Crippen molar-refractivity contribution in [2.24, 2.45) is 7.05 Å². The summed E-state index contributed by atoms with van der Waals surface area (Å²) >= 11 is 0. The molecule has 0 radical (unpaired) electrons. The van der Waals surface area contributed by atoms with Gasteiger partial charge in [0.2, 0.25) is 5.78 Å². The molecule has 0 bridgehead atoms. The van der Waals surface area contributed by atoms with Gasteiger partial charge in [-0.25, -0.2) is 4.79 Å². The number of rotatable bonds is 5. The van der Waals surface area contributed by atoms with Crippen LogP contribution < -0.4 is 11.2 Å². The number of fused-ring (bicyclic) bond motifs is 3. The van der Waals surface area contributed by atoms with Crippen molar-refractivity contribution in [1.82, 2.24) is 23.1 Å². The first-order valence-electron chi connectivity index (χ1n) is 9.67. The van der Waals surface area contributed by atoms with Gasteiger partial charge in [-0.05, 0) is 32.8 Å². The predicted molar refractivity (Wildman–Crippen MR) is 115 cm³/mol. The van der Waals surface area contributed by atoms with Crippen LogP contribution in [0.4, 0.5) is 0 Å². The fourth-order valence-electron chi connectivity index (χ4n) is 3.88. The van der Waals surface area contributed by atoms with Gasteiger partial charge in [-0.1, -0.05) is 42.5 Å². The van der Waals surface area contributed by atoms with Crippen molar-refractivity contribution >= 4 is 16.9 Å². The van der Waals surface area contributed by atoms with E-state index in [0.717, 1.165) is 29.9 Å². The average molecular weight is 391 g/mol. The Labute approximate surface area is 168 Å². The first kappa shape index (κ1) is 19.0. The maximum absolute atomic E-state index is 13.2. The molecule has 4 aromatic rings. The SMILES string of the molecule is C=C(C)Cn1c(=O)c2c(nc3n(CCc4ccccc4)c(C)c(C)n23)n(C)c1=O. The fraction of sp³-hybridized carbons (Fsp3) is 0.318. The molecule has 7 heteroatoms. The summed E-state index contributed by atoms with van der Waals surface area (Å²) in [5, 5.41) is 0. The van der Waals surface area contributed by atoms with E-state index in [1.54, 1.807) is 14.0 Å². The van der Waals surface area contributed by atoms with Crippen LogP contribution in [0.25, 0.3) is 16.9 Å². The molecule has 7 nitrogen and oxygen atoms in total. The Balaban J connectivity index is 1.96. The number of nitrogens with zero attached hydrogens (tertiary/aromatic N) is 5. The van der Waals surface area contributed by atoms with Crippen molar-refractivity contribution in [2.75, 3.05) is 0 Å². The molecule has 0 aliphatic carbocycles. The van der Waals surface area contributed by atoms with Gasteiger partial charge in [-0.15, -0.1) is 0 Å². The Morgan fingerprint density at radius 2 is 1.76 bits per heavy atom. The van der Waals surface area contributed by atoms with E-state index in [1.807, 2.05) is 36.4 Å². The molecule has 0 spiro atoms. The van der Waals surface area contributed by atoms with Crippen LogP contribution in [-0.2, 0) is 26.6 Å². The molecule has 0 saturated carbocycles. The van der Waals surface area contributed by atoms with Gasteiger partial charge in [0.15, 0.2) is 11.2 Å². The first-order valence-corrected chi connectivity index (χ1v) is 9.67. The maximum Gasteiger partial charge on any atom is 0.332 e. The van der Waals surface area contributed by atoms with Gasteiger partial charge in [0.05, 0.1) is 6.54 Å². The number of benzene rings is 1. The van der Waals surface area contributed by atoms with E-state index in [4.69, 9.17) is 4.98 Å². The van der Waals surface area contributed by atoms with E-state index in [2.05, 4.69) is 23.3 Å². The number of imidazole rings is 2. The molecule has 0 unspecified atom stereocenters. The van der Waals surface area contributed by atoms with E-state index in [9.17, 15) is 9.59 Å². The second kappa shape index (κ2) is 6.92. The summed E-state index contributed by atoms with van der Waals surface area (Å²) in [7, 11) is 1.65. The molecule has 0 N–H and O–H groups in total. The molecule has 0 fully saturated rings. The molecule has 3 aromatic heterocycles. The molecule has 0 amide bonds. The van der Waals surface area contributed by atoms with E-state index in [-0.39, 0.29) is 17.8 Å². The molecule has 0 aliphatic heterocycles. The third kappa shape index (κ3) is 2.93. The lowest BCUT2D eigenvalue weighted by atomic mass is 10.1. The van der Waals surface area contributed by atoms with Gasteiger partial charge in [-0.2, -0.15) is 4.98 Å². The molecular weight excluding hydrogens is 366 g/mol. The molecule has 0 saturated heterocycles. The van der Waals surface area contributed by atoms with Gasteiger partial charge >= 0.3 is 5.69 Å². The van der Waals surface area contributed by atoms with E-state index in [1.165, 1.54) is 14.7 Å². The summed E-state index contributed by atoms with van der Waals surface area (Å²) in [6, 6.07) is 10.3. The molecule has 4 rings (SSSR count). The minimum Gasteiger partial charge on any atom is -0.314 e. The molecule has 29 heavy (non-hydrogen) atoms. The van der Waals surface area contributed by atoms with Crippen molar-refractivity contribution in [1.29, 1.82) is 0 Å². The molecule has 150 valence electrons. The second-order valence-electron chi connectivity index (χ2n) is 7.67. The van der Waals surface area contributed by atoms with Crippen LogP contribution >= 0.6 is 0 Å². The van der Waals surface area contributed by atoms with Crippen LogP contribution in [0.2, 0.25) is 0 Å². The van der Waals surface area contributed by atoms with Gasteiger partial charge in [0, 0.05) is 25.0 Å². The summed E-state index contributed by atoms with van der Waals surface area (Å²) in [6.07, 6.45) is 0.855. The summed E-state index contributed by atoms with van der Waals surface area (Å²) in [5.41, 5.74) is 4.13. The van der Waals surface area contributed by atoms with Gasteiger partial charge in [0.25, 0.3) is 5.56 Å². The number of hydrogen-bond acceptors (Lipinski definition) is 3. The zero-order valence-electron chi connectivity index (χ0n) is 17.3. The summed E-state index contributed by atoms with van der Waals surface area (Å²) in [6.45, 7) is 10.6. The van der Waals surface area contributed by atoms with Crippen molar-refractivity contribution in [2.45, 2.75) is 40.3 Å². The predicted octanol–water partition coefficient (Wildman–Crippen LogP) is 2.59. The van der Waals surface area contributed by atoms with Crippen molar-refractivity contribution < 1.29 is 0 Å². The van der Waals surface area contributed by atoms with Gasteiger partial charge < -0.3 is 4.57 Å². The Morgan fingerprint density at radius 3 is 2.41 bits per heavy atom. The average Bonchev–Trinajstić information content (AvgIpc) is 3.19. The zero-order chi connectivity index (χ0) is 20.9. The first-order chi connectivity index (χ1) is 13.8.